The van der Waals surface area contributed by atoms with Gasteiger partial charge in [0.1, 0.15) is 17.4 Å². The first kappa shape index (κ1) is 20.9. The lowest BCUT2D eigenvalue weighted by Crippen LogP contribution is -2.39. The summed E-state index contributed by atoms with van der Waals surface area (Å²) in [4.78, 5) is 26.9. The van der Waals surface area contributed by atoms with Crippen molar-refractivity contribution in [3.05, 3.63) is 35.4 Å². The number of carbonyl (C=O) groups excluding carboxylic acids is 2. The Morgan fingerprint density at radius 1 is 1.24 bits per heavy atom. The number of methoxy groups -OCH3 is 1. The van der Waals surface area contributed by atoms with Crippen molar-refractivity contribution in [3.63, 3.8) is 0 Å². The Kier molecular flexibility index (Phi) is 5.70. The van der Waals surface area contributed by atoms with Gasteiger partial charge < -0.3 is 14.4 Å². The van der Waals surface area contributed by atoms with Gasteiger partial charge in [0, 0.05) is 12.6 Å². The number of ether oxygens (including phenoxy) is 2. The van der Waals surface area contributed by atoms with Crippen LogP contribution in [0.2, 0.25) is 0 Å². The Labute approximate surface area is 172 Å². The molecular formula is C23H28N2O4. The molecule has 1 saturated carbocycles. The predicted octanol–water partition coefficient (Wildman–Crippen LogP) is 3.57. The van der Waals surface area contributed by atoms with Crippen molar-refractivity contribution < 1.29 is 19.1 Å². The molecule has 1 aromatic rings. The number of amides is 1. The zero-order valence-corrected chi connectivity index (χ0v) is 17.5. The second-order valence-electron chi connectivity index (χ2n) is 9.25. The summed E-state index contributed by atoms with van der Waals surface area (Å²) in [6.45, 7) is 7.08. The Hall–Kier alpha value is -2.81. The fourth-order valence-corrected chi connectivity index (χ4v) is 5.04. The van der Waals surface area contributed by atoms with Gasteiger partial charge in [0.15, 0.2) is 6.61 Å². The first-order valence-electron chi connectivity index (χ1n) is 9.87. The van der Waals surface area contributed by atoms with Gasteiger partial charge in [-0.15, -0.1) is 0 Å². The van der Waals surface area contributed by atoms with Gasteiger partial charge in [0.2, 0.25) is 0 Å². The summed E-state index contributed by atoms with van der Waals surface area (Å²) in [5, 5.41) is 9.31. The maximum Gasteiger partial charge on any atom is 0.349 e. The highest BCUT2D eigenvalue weighted by molar-refractivity contribution is 5.98. The maximum absolute atomic E-state index is 12.7. The summed E-state index contributed by atoms with van der Waals surface area (Å²) < 4.78 is 10.3. The number of carbonyl (C=O) groups is 2. The van der Waals surface area contributed by atoms with Crippen LogP contribution in [-0.2, 0) is 14.3 Å². The Morgan fingerprint density at radius 2 is 1.93 bits per heavy atom. The van der Waals surface area contributed by atoms with Gasteiger partial charge in [0.25, 0.3) is 5.91 Å². The molecule has 2 atom stereocenters. The van der Waals surface area contributed by atoms with Crippen molar-refractivity contribution in [1.82, 2.24) is 4.90 Å². The van der Waals surface area contributed by atoms with E-state index in [0.29, 0.717) is 17.9 Å². The number of esters is 1. The fraction of sp³-hybridized carbons (Fsp3) is 0.522. The average molecular weight is 396 g/mol. The van der Waals surface area contributed by atoms with Gasteiger partial charge in [-0.05, 0) is 53.9 Å². The van der Waals surface area contributed by atoms with Crippen LogP contribution >= 0.6 is 0 Å². The topological polar surface area (TPSA) is 79.6 Å². The first-order valence-corrected chi connectivity index (χ1v) is 9.87. The molecule has 0 radical (unpaired) electrons. The molecule has 2 bridgehead atoms. The molecule has 1 aliphatic carbocycles. The Morgan fingerprint density at radius 3 is 2.55 bits per heavy atom. The highest BCUT2D eigenvalue weighted by atomic mass is 16.5. The lowest BCUT2D eigenvalue weighted by Gasteiger charge is -2.39. The molecule has 6 nitrogen and oxygen atoms in total. The van der Waals surface area contributed by atoms with Crippen molar-refractivity contribution in [2.45, 2.75) is 46.1 Å². The molecule has 0 N–H and O–H groups in total. The summed E-state index contributed by atoms with van der Waals surface area (Å²) in [7, 11) is 1.56. The Bertz CT molecular complexity index is 866. The van der Waals surface area contributed by atoms with Crippen molar-refractivity contribution in [1.29, 1.82) is 5.26 Å². The van der Waals surface area contributed by atoms with E-state index < -0.39 is 5.97 Å². The van der Waals surface area contributed by atoms with Crippen molar-refractivity contribution in [3.8, 4) is 11.8 Å². The zero-order chi connectivity index (χ0) is 21.2. The largest absolute Gasteiger partial charge is 0.497 e. The molecule has 1 aromatic carbocycles. The van der Waals surface area contributed by atoms with E-state index in [1.54, 1.807) is 31.4 Å². The number of nitriles is 1. The molecule has 0 unspecified atom stereocenters. The molecule has 1 saturated heterocycles. The lowest BCUT2D eigenvalue weighted by molar-refractivity contribution is -0.149. The van der Waals surface area contributed by atoms with Crippen molar-refractivity contribution >= 4 is 18.0 Å². The number of hydrogen-bond donors (Lipinski definition) is 0. The van der Waals surface area contributed by atoms with E-state index in [1.807, 2.05) is 11.0 Å². The second kappa shape index (κ2) is 7.90. The first-order chi connectivity index (χ1) is 13.6. The van der Waals surface area contributed by atoms with E-state index in [4.69, 9.17) is 9.47 Å². The third kappa shape index (κ3) is 4.79. The summed E-state index contributed by atoms with van der Waals surface area (Å²) in [5.41, 5.74) is 0.863. The molecular weight excluding hydrogens is 368 g/mol. The third-order valence-electron chi connectivity index (χ3n) is 5.83. The SMILES string of the molecule is COc1ccc(/C=C(\C#N)C(=O)OCC(=O)N2C[C@@]3(C)C[C@@H]2CC(C)(C)C3)cc1. The average Bonchev–Trinajstić information content (AvgIpc) is 2.93. The normalized spacial score (nSPS) is 25.3. The monoisotopic (exact) mass is 396 g/mol. The van der Waals surface area contributed by atoms with Crippen LogP contribution in [0, 0.1) is 22.2 Å². The van der Waals surface area contributed by atoms with Crippen LogP contribution in [0.5, 0.6) is 5.75 Å². The molecule has 0 aromatic heterocycles. The van der Waals surface area contributed by atoms with E-state index in [1.165, 1.54) is 6.08 Å². The number of hydrogen-bond acceptors (Lipinski definition) is 5. The van der Waals surface area contributed by atoms with Gasteiger partial charge >= 0.3 is 5.97 Å². The molecule has 2 fully saturated rings. The quantitative estimate of drug-likeness (QED) is 0.432. The van der Waals surface area contributed by atoms with Gasteiger partial charge in [-0.3, -0.25) is 4.79 Å². The van der Waals surface area contributed by atoms with Crippen molar-refractivity contribution in [2.24, 2.45) is 10.8 Å². The van der Waals surface area contributed by atoms with Crippen LogP contribution in [0.1, 0.15) is 45.6 Å². The highest BCUT2D eigenvalue weighted by Gasteiger charge is 2.50. The van der Waals surface area contributed by atoms with E-state index in [-0.39, 0.29) is 35.0 Å². The molecule has 1 amide bonds. The molecule has 1 aliphatic heterocycles. The molecule has 3 rings (SSSR count). The minimum absolute atomic E-state index is 0.123. The van der Waals surface area contributed by atoms with Gasteiger partial charge in [-0.2, -0.15) is 5.26 Å². The van der Waals surface area contributed by atoms with Gasteiger partial charge in [0.05, 0.1) is 7.11 Å². The van der Waals surface area contributed by atoms with Crippen LogP contribution in [0.25, 0.3) is 6.08 Å². The number of likely N-dealkylation sites (tertiary alicyclic amines) is 1. The summed E-state index contributed by atoms with van der Waals surface area (Å²) in [6, 6.07) is 9.00. The Balaban J connectivity index is 1.61. The van der Waals surface area contributed by atoms with Crippen LogP contribution in [0.4, 0.5) is 0 Å². The van der Waals surface area contributed by atoms with Crippen molar-refractivity contribution in [2.75, 3.05) is 20.3 Å². The van der Waals surface area contributed by atoms with Gasteiger partial charge in [-0.1, -0.05) is 32.9 Å². The van der Waals surface area contributed by atoms with E-state index in [0.717, 1.165) is 19.3 Å². The zero-order valence-electron chi connectivity index (χ0n) is 17.5. The lowest BCUT2D eigenvalue weighted by atomic mass is 9.65. The van der Waals surface area contributed by atoms with Crippen LogP contribution in [0.3, 0.4) is 0 Å². The highest BCUT2D eigenvalue weighted by Crippen LogP contribution is 2.52. The van der Waals surface area contributed by atoms with Gasteiger partial charge in [-0.25, -0.2) is 4.79 Å². The number of fused-ring (bicyclic) bond motifs is 2. The van der Waals surface area contributed by atoms with E-state index >= 15 is 0 Å². The molecule has 29 heavy (non-hydrogen) atoms. The third-order valence-corrected chi connectivity index (χ3v) is 5.83. The minimum Gasteiger partial charge on any atom is -0.497 e. The van der Waals surface area contributed by atoms with Crippen LogP contribution in [0.15, 0.2) is 29.8 Å². The maximum atomic E-state index is 12.7. The minimum atomic E-state index is -0.787. The smallest absolute Gasteiger partial charge is 0.349 e. The second-order valence-corrected chi connectivity index (χ2v) is 9.25. The summed E-state index contributed by atoms with van der Waals surface area (Å²) in [5.74, 6) is -0.293. The number of benzene rings is 1. The molecule has 2 aliphatic rings. The summed E-state index contributed by atoms with van der Waals surface area (Å²) in [6.07, 6.45) is 4.49. The fourth-order valence-electron chi connectivity index (χ4n) is 5.04. The molecule has 6 heteroatoms. The van der Waals surface area contributed by atoms with E-state index in [2.05, 4.69) is 20.8 Å². The predicted molar refractivity (Wildman–Crippen MR) is 109 cm³/mol. The van der Waals surface area contributed by atoms with Crippen LogP contribution in [-0.4, -0.2) is 43.1 Å². The number of rotatable bonds is 5. The standard InChI is InChI=1S/C23H28N2O4/c1-22(2)10-18-11-23(3,14-22)15-25(18)20(26)13-29-21(27)17(12-24)9-16-5-7-19(28-4)8-6-16/h5-9,18H,10-11,13-15H2,1-4H3/b17-9+/t18-,23-/m0/s1. The molecule has 0 spiro atoms. The molecule has 1 heterocycles. The van der Waals surface area contributed by atoms with Crippen LogP contribution < -0.4 is 4.74 Å². The number of nitrogens with zero attached hydrogens (tertiary/aromatic N) is 2. The summed E-state index contributed by atoms with van der Waals surface area (Å²) >= 11 is 0. The van der Waals surface area contributed by atoms with E-state index in [9.17, 15) is 14.9 Å². The molecule has 154 valence electrons.